The molecule has 3 rings (SSSR count). The van der Waals surface area contributed by atoms with Crippen LogP contribution < -0.4 is 116 Å². The summed E-state index contributed by atoms with van der Waals surface area (Å²) in [5.74, 6) is -12.6. The number of H-pyrrole nitrogens is 1. The van der Waals surface area contributed by atoms with E-state index in [2.05, 4.69) is 78.1 Å². The highest BCUT2D eigenvalue weighted by molar-refractivity contribution is 6.00. The Bertz CT molecular complexity index is 3350. The van der Waals surface area contributed by atoms with Crippen molar-refractivity contribution in [2.75, 3.05) is 39.8 Å². The molecule has 2 aromatic carbocycles. The minimum absolute atomic E-state index is 0.00201. The third kappa shape index (κ3) is 30.1. The highest BCUT2D eigenvalue weighted by Crippen LogP contribution is 2.22. The second-order valence-electron chi connectivity index (χ2n) is 23.1. The fraction of sp³-hybridized carbons (Fsp3) is 0.508. The molecule has 0 radical (unpaired) electrons. The number of aliphatic imine (C=N–C) groups is 4. The first kappa shape index (κ1) is 81.9. The lowest BCUT2D eigenvalue weighted by atomic mass is 9.96. The van der Waals surface area contributed by atoms with E-state index in [-0.39, 0.29) is 126 Å². The van der Waals surface area contributed by atoms with Gasteiger partial charge in [-0.1, -0.05) is 68.8 Å². The molecule has 0 spiro atoms. The monoisotopic (exact) mass is 1390 g/mol. The fourth-order valence-corrected chi connectivity index (χ4v) is 9.96. The zero-order chi connectivity index (χ0) is 73.7. The number of primary amides is 2. The number of amides is 12. The van der Waals surface area contributed by atoms with Gasteiger partial charge in [-0.3, -0.25) is 77.5 Å². The standard InChI is InChI=1S/C61H98N26O12/c1-4-32(2)47(86-53(95)41(22-23-44(63)88)82-50(92)38(79-46(90)30-62)19-11-25-75-59(67)68)56(98)85-42(28-34-31-78-36-17-9-8-16-35(34)36)55(97)87-48(33-14-6-5-7-15-33)57(99)83-40(21-13-27-77-61(71)72)52(94)84-43(29-45(64)89)54(96)81-39(20-12-26-76-60(69)70)51(93)80-37(49(91)73-3)18-10-24-74-58(65)66/h5-9,14-17,31-32,37-43,47-48,78H,4,10-13,18-30,62H2,1-3H3,(H2,63,88)(H2,64,89)(H,73,91)(H,79,90)(H,80,93)(H,81,96)(H,82,92)(H,83,99)(H,84,94)(H,85,98)(H,86,95)(H,87,97)(H4,65,66,74)(H4,67,68,75)(H4,69,70,76)(H4,71,72,77)/t32?,37-,38-,39-,40-,41-,42-,43-,47-,48-/m0/s1. The molecule has 38 heteroatoms. The van der Waals surface area contributed by atoms with Gasteiger partial charge >= 0.3 is 0 Å². The van der Waals surface area contributed by atoms with E-state index >= 15 is 9.59 Å². The molecule has 544 valence electrons. The van der Waals surface area contributed by atoms with Crippen LogP contribution in [0.3, 0.4) is 0 Å². The number of fused-ring (bicyclic) bond motifs is 1. The molecule has 0 saturated heterocycles. The summed E-state index contributed by atoms with van der Waals surface area (Å²) in [6, 6.07) is 1.28. The first-order chi connectivity index (χ1) is 47.0. The number of aromatic amines is 1. The van der Waals surface area contributed by atoms with Gasteiger partial charge in [-0.2, -0.15) is 0 Å². The molecule has 0 fully saturated rings. The maximum atomic E-state index is 15.2. The molecule has 3 aromatic rings. The molecule has 0 aliphatic heterocycles. The number of nitrogens with two attached hydrogens (primary N) is 11. The Morgan fingerprint density at radius 3 is 1.30 bits per heavy atom. The summed E-state index contributed by atoms with van der Waals surface area (Å²) in [4.78, 5) is 185. The van der Waals surface area contributed by atoms with Crippen LogP contribution in [0.4, 0.5) is 0 Å². The highest BCUT2D eigenvalue weighted by Gasteiger charge is 2.38. The molecule has 0 bridgehead atoms. The van der Waals surface area contributed by atoms with Crippen molar-refractivity contribution in [3.8, 4) is 0 Å². The molecular weight excluding hydrogens is 1290 g/mol. The smallest absolute Gasteiger partial charge is 0.247 e. The van der Waals surface area contributed by atoms with Crippen LogP contribution in [0.25, 0.3) is 10.9 Å². The van der Waals surface area contributed by atoms with Gasteiger partial charge in [-0.05, 0) is 80.9 Å². The molecule has 0 aliphatic rings. The first-order valence-electron chi connectivity index (χ1n) is 32.0. The van der Waals surface area contributed by atoms with Crippen molar-refractivity contribution >= 4 is 106 Å². The van der Waals surface area contributed by atoms with E-state index < -0.39 is 151 Å². The summed E-state index contributed by atoms with van der Waals surface area (Å²) in [5, 5.41) is 26.5. The van der Waals surface area contributed by atoms with Gasteiger partial charge < -0.3 is 121 Å². The Morgan fingerprint density at radius 1 is 0.444 bits per heavy atom. The topological polar surface area (TPSA) is 677 Å². The van der Waals surface area contributed by atoms with E-state index in [9.17, 15) is 47.9 Å². The van der Waals surface area contributed by atoms with E-state index in [1.165, 1.54) is 19.2 Å². The van der Waals surface area contributed by atoms with Gasteiger partial charge in [0.15, 0.2) is 23.8 Å². The Balaban J connectivity index is 2.11. The minimum Gasteiger partial charge on any atom is -0.370 e. The Hall–Kier alpha value is -11.3. The molecule has 1 heterocycles. The van der Waals surface area contributed by atoms with E-state index in [4.69, 9.17) is 63.1 Å². The van der Waals surface area contributed by atoms with Crippen LogP contribution in [0.5, 0.6) is 0 Å². The summed E-state index contributed by atoms with van der Waals surface area (Å²) in [6.45, 7) is 2.97. The van der Waals surface area contributed by atoms with Gasteiger partial charge in [0.2, 0.25) is 70.9 Å². The highest BCUT2D eigenvalue weighted by atomic mass is 16.2. The molecule has 0 saturated carbocycles. The van der Waals surface area contributed by atoms with E-state index in [0.717, 1.165) is 0 Å². The predicted molar refractivity (Wildman–Crippen MR) is 369 cm³/mol. The van der Waals surface area contributed by atoms with Gasteiger partial charge in [0.05, 0.1) is 13.0 Å². The van der Waals surface area contributed by atoms with Crippen molar-refractivity contribution in [2.24, 2.45) is 89.0 Å². The molecule has 99 heavy (non-hydrogen) atoms. The fourth-order valence-electron chi connectivity index (χ4n) is 9.96. The summed E-state index contributed by atoms with van der Waals surface area (Å²) in [6.07, 6.45) is 0.166. The lowest BCUT2D eigenvalue weighted by Crippen LogP contribution is -2.60. The van der Waals surface area contributed by atoms with Crippen LogP contribution in [0.1, 0.15) is 108 Å². The van der Waals surface area contributed by atoms with E-state index in [0.29, 0.717) is 16.5 Å². The van der Waals surface area contributed by atoms with Crippen molar-refractivity contribution in [1.82, 2.24) is 58.2 Å². The molecule has 1 aromatic heterocycles. The number of rotatable bonds is 45. The quantitative estimate of drug-likeness (QED) is 0.0142. The summed E-state index contributed by atoms with van der Waals surface area (Å²) >= 11 is 0. The second-order valence-corrected chi connectivity index (χ2v) is 23.1. The number of hydrogen-bond donors (Lipinski definition) is 22. The SMILES string of the molecule is CCC(C)[C@H](NC(=O)[C@H](CCC(N)=O)NC(=O)[C@H](CCCN=C(N)N)NC(=O)CN)C(=O)N[C@@H](Cc1c[nH]c2ccccc12)C(=O)N[C@H](C(=O)N[C@@H](CCCN=C(N)N)C(=O)N[C@@H](CC(N)=O)C(=O)N[C@@H](CCCN=C(N)N)C(=O)N[C@@H](CCCN=C(N)N)C(=O)NC)c1ccccc1. The normalized spacial score (nSPS) is 13.9. The van der Waals surface area contributed by atoms with Crippen molar-refractivity contribution < 1.29 is 57.5 Å². The first-order valence-corrected chi connectivity index (χ1v) is 32.0. The predicted octanol–water partition coefficient (Wildman–Crippen LogP) is -7.45. The van der Waals surface area contributed by atoms with Gasteiger partial charge in [0.1, 0.15) is 54.4 Å². The Kier molecular flexibility index (Phi) is 35.5. The number of carbonyl (C=O) groups is 12. The minimum atomic E-state index is -1.82. The number of nitrogens with zero attached hydrogens (tertiary/aromatic N) is 4. The van der Waals surface area contributed by atoms with Crippen molar-refractivity contribution in [3.63, 3.8) is 0 Å². The molecule has 12 amide bonds. The number of guanidine groups is 4. The summed E-state index contributed by atoms with van der Waals surface area (Å²) in [5.41, 5.74) is 62.0. The number of aromatic nitrogens is 1. The lowest BCUT2D eigenvalue weighted by Gasteiger charge is -2.30. The summed E-state index contributed by atoms with van der Waals surface area (Å²) in [7, 11) is 1.34. The van der Waals surface area contributed by atoms with Crippen molar-refractivity contribution in [3.05, 3.63) is 71.9 Å². The number of carbonyl (C=O) groups excluding carboxylic acids is 12. The largest absolute Gasteiger partial charge is 0.370 e. The van der Waals surface area contributed by atoms with E-state index in [1.807, 2.05) is 0 Å². The third-order valence-electron chi connectivity index (χ3n) is 15.3. The van der Waals surface area contributed by atoms with Crippen LogP contribution in [0.15, 0.2) is 80.8 Å². The second kappa shape index (κ2) is 43.0. The Labute approximate surface area is 571 Å². The summed E-state index contributed by atoms with van der Waals surface area (Å²) < 4.78 is 0. The average Bonchev–Trinajstić information content (AvgIpc) is 1.78. The molecule has 33 N–H and O–H groups in total. The molecular formula is C61H98N26O12. The molecule has 0 aliphatic carbocycles. The zero-order valence-electron chi connectivity index (χ0n) is 55.8. The maximum Gasteiger partial charge on any atom is 0.247 e. The zero-order valence-corrected chi connectivity index (χ0v) is 55.8. The molecule has 38 nitrogen and oxygen atoms in total. The maximum absolute atomic E-state index is 15.2. The van der Waals surface area contributed by atoms with Crippen LogP contribution in [-0.4, -0.2) is 188 Å². The third-order valence-corrected chi connectivity index (χ3v) is 15.3. The molecule has 10 atom stereocenters. The number of benzene rings is 2. The van der Waals surface area contributed by atoms with E-state index in [1.54, 1.807) is 62.5 Å². The van der Waals surface area contributed by atoms with Crippen LogP contribution in [0.2, 0.25) is 0 Å². The number of hydrogen-bond acceptors (Lipinski definition) is 17. The number of para-hydroxylation sites is 1. The van der Waals surface area contributed by atoms with Gasteiger partial charge in [0, 0.05) is 63.2 Å². The lowest BCUT2D eigenvalue weighted by molar-refractivity contribution is -0.137. The number of likely N-dealkylation sites (N-methyl/N-ethyl adjacent to an activating group) is 1. The molecule has 1 unspecified atom stereocenters. The number of nitrogens with one attached hydrogen (secondary N) is 11. The van der Waals surface area contributed by atoms with Crippen LogP contribution in [0, 0.1) is 5.92 Å². The van der Waals surface area contributed by atoms with Gasteiger partial charge in [-0.15, -0.1) is 0 Å². The van der Waals surface area contributed by atoms with Crippen LogP contribution >= 0.6 is 0 Å². The van der Waals surface area contributed by atoms with Crippen LogP contribution in [-0.2, 0) is 64.0 Å². The van der Waals surface area contributed by atoms with Crippen molar-refractivity contribution in [2.45, 2.75) is 152 Å². The van der Waals surface area contributed by atoms with Gasteiger partial charge in [0.25, 0.3) is 0 Å². The Morgan fingerprint density at radius 2 is 0.848 bits per heavy atom. The van der Waals surface area contributed by atoms with Gasteiger partial charge in [-0.25, -0.2) is 0 Å². The van der Waals surface area contributed by atoms with Crippen molar-refractivity contribution in [1.29, 1.82) is 0 Å². The average molecular weight is 1390 g/mol.